The van der Waals surface area contributed by atoms with Crippen LogP contribution in [-0.2, 0) is 11.0 Å². The Morgan fingerprint density at radius 1 is 1.12 bits per heavy atom. The van der Waals surface area contributed by atoms with Gasteiger partial charge in [-0.1, -0.05) is 6.07 Å². The molecule has 1 aromatic carbocycles. The molecule has 5 rings (SSSR count). The van der Waals surface area contributed by atoms with Crippen molar-refractivity contribution in [3.63, 3.8) is 0 Å². The van der Waals surface area contributed by atoms with Crippen molar-refractivity contribution in [2.45, 2.75) is 49.9 Å². The maximum Gasteiger partial charge on any atom is 0.416 e. The first-order valence-electron chi connectivity index (χ1n) is 11.0. The lowest BCUT2D eigenvalue weighted by molar-refractivity contribution is -0.137. The Labute approximate surface area is 188 Å². The van der Waals surface area contributed by atoms with E-state index in [-0.39, 0.29) is 43.1 Å². The van der Waals surface area contributed by atoms with E-state index >= 15 is 0 Å². The molecule has 2 aliphatic heterocycles. The molecular formula is C23H23F3N4O3. The van der Waals surface area contributed by atoms with Crippen LogP contribution in [0.4, 0.5) is 13.2 Å². The minimum Gasteiger partial charge on any atom is -0.471 e. The topological polar surface area (TPSA) is 75.6 Å². The van der Waals surface area contributed by atoms with Crippen molar-refractivity contribution in [3.05, 3.63) is 53.5 Å². The molecular weight excluding hydrogens is 437 g/mol. The second kappa shape index (κ2) is 8.31. The Hall–Kier alpha value is -3.17. The van der Waals surface area contributed by atoms with Gasteiger partial charge in [-0.2, -0.15) is 13.2 Å². The van der Waals surface area contributed by atoms with Gasteiger partial charge in [0.25, 0.3) is 5.91 Å². The number of hydrogen-bond acceptors (Lipinski definition) is 5. The van der Waals surface area contributed by atoms with Gasteiger partial charge in [0, 0.05) is 37.4 Å². The molecule has 1 aromatic heterocycles. The van der Waals surface area contributed by atoms with Crippen molar-refractivity contribution in [2.75, 3.05) is 19.6 Å². The number of benzene rings is 1. The number of ether oxygens (including phenoxy) is 1. The minimum absolute atomic E-state index is 0.0393. The number of carbonyl (C=O) groups excluding carboxylic acids is 2. The summed E-state index contributed by atoms with van der Waals surface area (Å²) < 4.78 is 45.1. The Balaban J connectivity index is 1.26. The summed E-state index contributed by atoms with van der Waals surface area (Å²) in [6.45, 7) is 0.786. The van der Waals surface area contributed by atoms with Gasteiger partial charge in [0.05, 0.1) is 36.2 Å². The van der Waals surface area contributed by atoms with Gasteiger partial charge >= 0.3 is 6.18 Å². The highest BCUT2D eigenvalue weighted by Gasteiger charge is 2.41. The number of carbonyl (C=O) groups is 2. The van der Waals surface area contributed by atoms with E-state index in [1.165, 1.54) is 17.0 Å². The minimum atomic E-state index is -4.53. The number of nitrogens with zero attached hydrogens (tertiary/aromatic N) is 4. The quantitative estimate of drug-likeness (QED) is 0.700. The van der Waals surface area contributed by atoms with Crippen LogP contribution in [0.15, 0.2) is 36.7 Å². The zero-order valence-electron chi connectivity index (χ0n) is 17.8. The van der Waals surface area contributed by atoms with Gasteiger partial charge < -0.3 is 14.5 Å². The zero-order valence-corrected chi connectivity index (χ0v) is 17.8. The normalized spacial score (nSPS) is 23.3. The van der Waals surface area contributed by atoms with E-state index in [2.05, 4.69) is 9.97 Å². The highest BCUT2D eigenvalue weighted by Crippen LogP contribution is 2.38. The highest BCUT2D eigenvalue weighted by atomic mass is 19.4. The largest absolute Gasteiger partial charge is 0.471 e. The molecule has 2 atom stereocenters. The molecule has 33 heavy (non-hydrogen) atoms. The average Bonchev–Trinajstić information content (AvgIpc) is 3.59. The van der Waals surface area contributed by atoms with E-state index < -0.39 is 17.6 Å². The van der Waals surface area contributed by atoms with E-state index in [0.29, 0.717) is 24.8 Å². The maximum atomic E-state index is 13.1. The molecule has 3 aliphatic rings. The van der Waals surface area contributed by atoms with Crippen LogP contribution in [0, 0.1) is 0 Å². The molecule has 2 aromatic rings. The number of hydrogen-bond donors (Lipinski definition) is 0. The lowest BCUT2D eigenvalue weighted by Crippen LogP contribution is -2.40. The second-order valence-corrected chi connectivity index (χ2v) is 8.81. The molecule has 0 bridgehead atoms. The van der Waals surface area contributed by atoms with E-state index in [4.69, 9.17) is 4.74 Å². The third-order valence-corrected chi connectivity index (χ3v) is 6.38. The van der Waals surface area contributed by atoms with Crippen molar-refractivity contribution in [3.8, 4) is 5.88 Å². The van der Waals surface area contributed by atoms with Gasteiger partial charge in [-0.15, -0.1) is 0 Å². The summed E-state index contributed by atoms with van der Waals surface area (Å²) in [5.74, 6) is 0.280. The molecule has 0 spiro atoms. The molecule has 3 heterocycles. The van der Waals surface area contributed by atoms with E-state index in [1.807, 2.05) is 0 Å². The Kier molecular flexibility index (Phi) is 5.46. The van der Waals surface area contributed by atoms with Crippen LogP contribution in [0.2, 0.25) is 0 Å². The molecule has 3 fully saturated rings. The van der Waals surface area contributed by atoms with Crippen LogP contribution in [0.3, 0.4) is 0 Å². The van der Waals surface area contributed by atoms with Crippen LogP contribution in [0.1, 0.15) is 53.2 Å². The van der Waals surface area contributed by atoms with Crippen LogP contribution in [0.25, 0.3) is 0 Å². The summed E-state index contributed by atoms with van der Waals surface area (Å²) in [7, 11) is 0. The first kappa shape index (κ1) is 21.7. The summed E-state index contributed by atoms with van der Waals surface area (Å²) >= 11 is 0. The number of fused-ring (bicyclic) bond motifs is 1. The number of rotatable bonds is 4. The molecule has 0 radical (unpaired) electrons. The SMILES string of the molecule is O=C(c1cccc(C(F)(F)F)c1)N1CCC(=O)N2C[C@@H](Oc3cnc(C4CC4)cn3)C[C@@H]2C1. The van der Waals surface area contributed by atoms with E-state index in [0.717, 1.165) is 30.7 Å². The number of amides is 2. The summed E-state index contributed by atoms with van der Waals surface area (Å²) in [6.07, 6.45) is 1.39. The van der Waals surface area contributed by atoms with Gasteiger partial charge in [-0.05, 0) is 31.0 Å². The predicted octanol–water partition coefficient (Wildman–Crippen LogP) is 3.27. The van der Waals surface area contributed by atoms with Crippen molar-refractivity contribution in [1.82, 2.24) is 19.8 Å². The predicted molar refractivity (Wildman–Crippen MR) is 111 cm³/mol. The van der Waals surface area contributed by atoms with Gasteiger partial charge in [0.15, 0.2) is 0 Å². The van der Waals surface area contributed by atoms with Crippen molar-refractivity contribution in [2.24, 2.45) is 0 Å². The third kappa shape index (κ3) is 4.65. The molecule has 1 saturated carbocycles. The van der Waals surface area contributed by atoms with Crippen LogP contribution in [-0.4, -0.2) is 63.4 Å². The van der Waals surface area contributed by atoms with Gasteiger partial charge in [0.1, 0.15) is 6.10 Å². The molecule has 2 saturated heterocycles. The van der Waals surface area contributed by atoms with Crippen LogP contribution < -0.4 is 4.74 Å². The zero-order chi connectivity index (χ0) is 23.2. The smallest absolute Gasteiger partial charge is 0.416 e. The summed E-state index contributed by atoms with van der Waals surface area (Å²) in [5, 5.41) is 0. The van der Waals surface area contributed by atoms with Gasteiger partial charge in [-0.3, -0.25) is 14.6 Å². The molecule has 1 aliphatic carbocycles. The fourth-order valence-electron chi connectivity index (χ4n) is 4.50. The number of aromatic nitrogens is 2. The Bertz CT molecular complexity index is 1060. The number of alkyl halides is 3. The van der Waals surface area contributed by atoms with E-state index in [9.17, 15) is 22.8 Å². The Morgan fingerprint density at radius 2 is 1.94 bits per heavy atom. The van der Waals surface area contributed by atoms with Crippen molar-refractivity contribution in [1.29, 1.82) is 0 Å². The molecule has 2 amide bonds. The summed E-state index contributed by atoms with van der Waals surface area (Å²) in [4.78, 5) is 37.5. The van der Waals surface area contributed by atoms with Crippen LogP contribution >= 0.6 is 0 Å². The first-order valence-corrected chi connectivity index (χ1v) is 11.0. The van der Waals surface area contributed by atoms with Gasteiger partial charge in [-0.25, -0.2) is 4.98 Å². The molecule has 7 nitrogen and oxygen atoms in total. The number of halogens is 3. The summed E-state index contributed by atoms with van der Waals surface area (Å²) in [5.41, 5.74) is 0.0492. The fraction of sp³-hybridized carbons (Fsp3) is 0.478. The Morgan fingerprint density at radius 3 is 2.64 bits per heavy atom. The average molecular weight is 460 g/mol. The lowest BCUT2D eigenvalue weighted by atomic mass is 10.1. The van der Waals surface area contributed by atoms with E-state index in [1.54, 1.807) is 17.3 Å². The molecule has 0 N–H and O–H groups in total. The first-order chi connectivity index (χ1) is 15.8. The molecule has 0 unspecified atom stereocenters. The van der Waals surface area contributed by atoms with Crippen molar-refractivity contribution >= 4 is 11.8 Å². The fourth-order valence-corrected chi connectivity index (χ4v) is 4.50. The van der Waals surface area contributed by atoms with Gasteiger partial charge in [0.2, 0.25) is 11.8 Å². The van der Waals surface area contributed by atoms with Crippen molar-refractivity contribution < 1.29 is 27.5 Å². The highest BCUT2D eigenvalue weighted by molar-refractivity contribution is 5.95. The standard InChI is InChI=1S/C23H23F3N4O3/c24-23(25,26)16-3-1-2-15(8-16)22(32)29-7-6-21(31)30-13-18(9-17(30)12-29)33-20-11-27-19(10-28-20)14-4-5-14/h1-3,8,10-11,14,17-18H,4-7,9,12-13H2/t17-,18+/m1/s1. The third-order valence-electron chi connectivity index (χ3n) is 6.38. The maximum absolute atomic E-state index is 13.1. The monoisotopic (exact) mass is 460 g/mol. The summed E-state index contributed by atoms with van der Waals surface area (Å²) in [6, 6.07) is 4.12. The molecule has 174 valence electrons. The second-order valence-electron chi connectivity index (χ2n) is 8.81. The van der Waals surface area contributed by atoms with Crippen LogP contribution in [0.5, 0.6) is 5.88 Å². The lowest BCUT2D eigenvalue weighted by Gasteiger charge is -2.25. The molecule has 10 heteroatoms.